The lowest BCUT2D eigenvalue weighted by molar-refractivity contribution is -0.851. The van der Waals surface area contributed by atoms with Crippen molar-refractivity contribution in [3.8, 4) is 0 Å². The minimum atomic E-state index is -0.184. The Morgan fingerprint density at radius 2 is 1.94 bits per heavy atom. The van der Waals surface area contributed by atoms with Gasteiger partial charge in [-0.25, -0.2) is 4.79 Å². The molecule has 0 atom stereocenters. The monoisotopic (exact) mass is 292 g/mol. The first-order chi connectivity index (χ1) is 7.77. The minimum Gasteiger partial charge on any atom is -1.00 e. The molecule has 1 aromatic rings. The molecule has 2 amide bonds. The van der Waals surface area contributed by atoms with Gasteiger partial charge in [0.1, 0.15) is 0 Å². The van der Waals surface area contributed by atoms with Crippen molar-refractivity contribution in [3.63, 3.8) is 0 Å². The standard InChI is InChI=1S/C11H17ClN4O.ClH/c1-7-5-9(13)8(12)6-10(7)15-11(17)16(3,4)14-2;/h5-6,14H,13H2,1-4H3;1H. The van der Waals surface area contributed by atoms with E-state index in [9.17, 15) is 4.79 Å². The third kappa shape index (κ3) is 3.74. The summed E-state index contributed by atoms with van der Waals surface area (Å²) in [5.41, 5.74) is 10.6. The fourth-order valence-corrected chi connectivity index (χ4v) is 1.36. The van der Waals surface area contributed by atoms with E-state index in [0.717, 1.165) is 5.56 Å². The molecule has 5 nitrogen and oxygen atoms in total. The van der Waals surface area contributed by atoms with E-state index >= 15 is 0 Å². The average molecular weight is 293 g/mol. The highest BCUT2D eigenvalue weighted by Gasteiger charge is 2.25. The molecule has 0 bridgehead atoms. The van der Waals surface area contributed by atoms with Crippen LogP contribution in [0.15, 0.2) is 12.1 Å². The number of urea groups is 1. The number of quaternary nitrogens is 1. The fraction of sp³-hybridized carbons (Fsp3) is 0.364. The second kappa shape index (κ2) is 6.24. The molecule has 102 valence electrons. The van der Waals surface area contributed by atoms with Gasteiger partial charge >= 0.3 is 6.03 Å². The van der Waals surface area contributed by atoms with Crippen molar-refractivity contribution in [2.75, 3.05) is 32.2 Å². The molecule has 7 heteroatoms. The largest absolute Gasteiger partial charge is 1.00 e. The third-order valence-electron chi connectivity index (χ3n) is 2.65. The molecule has 1 aromatic carbocycles. The first-order valence-electron chi connectivity index (χ1n) is 5.18. The highest BCUT2D eigenvalue weighted by Crippen LogP contribution is 2.26. The summed E-state index contributed by atoms with van der Waals surface area (Å²) in [7, 11) is 5.19. The van der Waals surface area contributed by atoms with E-state index in [1.165, 1.54) is 0 Å². The van der Waals surface area contributed by atoms with Gasteiger partial charge in [0.25, 0.3) is 0 Å². The van der Waals surface area contributed by atoms with Crippen molar-refractivity contribution in [1.82, 2.24) is 5.43 Å². The summed E-state index contributed by atoms with van der Waals surface area (Å²) >= 11 is 5.92. The van der Waals surface area contributed by atoms with Crippen LogP contribution in [0.3, 0.4) is 0 Å². The number of nitrogens with two attached hydrogens (primary N) is 1. The van der Waals surface area contributed by atoms with Gasteiger partial charge in [0.05, 0.1) is 30.5 Å². The number of aryl methyl sites for hydroxylation is 1. The Morgan fingerprint density at radius 1 is 1.39 bits per heavy atom. The van der Waals surface area contributed by atoms with Crippen LogP contribution in [0.2, 0.25) is 5.02 Å². The number of carbonyl (C=O) groups excluding carboxylic acids is 1. The lowest BCUT2D eigenvalue weighted by atomic mass is 10.2. The summed E-state index contributed by atoms with van der Waals surface area (Å²) in [6.07, 6.45) is 0. The maximum atomic E-state index is 11.9. The summed E-state index contributed by atoms with van der Waals surface area (Å²) in [5.74, 6) is 0. The van der Waals surface area contributed by atoms with Crippen molar-refractivity contribution < 1.29 is 21.8 Å². The molecule has 0 saturated heterocycles. The van der Waals surface area contributed by atoms with E-state index in [4.69, 9.17) is 17.3 Å². The molecule has 0 aliphatic heterocycles. The summed E-state index contributed by atoms with van der Waals surface area (Å²) in [6, 6.07) is 3.20. The van der Waals surface area contributed by atoms with E-state index < -0.39 is 0 Å². The second-order valence-corrected chi connectivity index (χ2v) is 4.70. The number of nitrogens with zero attached hydrogens (tertiary/aromatic N) is 1. The molecule has 0 heterocycles. The van der Waals surface area contributed by atoms with Gasteiger partial charge < -0.3 is 18.1 Å². The van der Waals surface area contributed by atoms with Crippen molar-refractivity contribution >= 4 is 29.0 Å². The number of halogens is 2. The van der Waals surface area contributed by atoms with Gasteiger partial charge in [0.2, 0.25) is 0 Å². The van der Waals surface area contributed by atoms with Crippen molar-refractivity contribution in [3.05, 3.63) is 22.7 Å². The number of carbonyl (C=O) groups is 1. The number of hydrogen-bond donors (Lipinski definition) is 3. The molecular weight excluding hydrogens is 275 g/mol. The number of amides is 2. The molecule has 4 N–H and O–H groups in total. The van der Waals surface area contributed by atoms with E-state index in [-0.39, 0.29) is 23.0 Å². The van der Waals surface area contributed by atoms with Gasteiger partial charge in [0, 0.05) is 7.05 Å². The summed E-state index contributed by atoms with van der Waals surface area (Å²) in [5, 5.41) is 3.23. The van der Waals surface area contributed by atoms with Gasteiger partial charge in [0.15, 0.2) is 0 Å². The molecule has 0 unspecified atom stereocenters. The molecular formula is C11H18Cl2N4O. The lowest BCUT2D eigenvalue weighted by Gasteiger charge is -2.24. The van der Waals surface area contributed by atoms with E-state index in [1.54, 1.807) is 33.3 Å². The Hall–Kier alpha value is -1.01. The number of nitrogens with one attached hydrogen (secondary N) is 2. The number of rotatable bonds is 2. The highest BCUT2D eigenvalue weighted by atomic mass is 35.5. The van der Waals surface area contributed by atoms with Crippen LogP contribution in [0.1, 0.15) is 5.56 Å². The average Bonchev–Trinajstić information content (AvgIpc) is 2.25. The molecule has 0 spiro atoms. The highest BCUT2D eigenvalue weighted by molar-refractivity contribution is 6.33. The SMILES string of the molecule is CN[N+](C)(C)C(=O)Nc1cc(Cl)c(N)cc1C.[Cl-]. The van der Waals surface area contributed by atoms with Crippen LogP contribution in [0.5, 0.6) is 0 Å². The van der Waals surface area contributed by atoms with E-state index in [1.807, 2.05) is 6.92 Å². The summed E-state index contributed by atoms with van der Waals surface area (Å²) < 4.78 is 0.0153. The van der Waals surface area contributed by atoms with Crippen LogP contribution in [-0.2, 0) is 0 Å². The zero-order chi connectivity index (χ0) is 13.2. The third-order valence-corrected chi connectivity index (χ3v) is 2.98. The predicted octanol–water partition coefficient (Wildman–Crippen LogP) is -1.02. The van der Waals surface area contributed by atoms with Crippen molar-refractivity contribution in [2.24, 2.45) is 0 Å². The second-order valence-electron chi connectivity index (χ2n) is 4.30. The zero-order valence-corrected chi connectivity index (χ0v) is 12.4. The molecule has 1 rings (SSSR count). The molecule has 0 saturated carbocycles. The van der Waals surface area contributed by atoms with Crippen LogP contribution in [-0.4, -0.2) is 31.8 Å². The number of hydrogen-bond acceptors (Lipinski definition) is 3. The van der Waals surface area contributed by atoms with E-state index in [0.29, 0.717) is 16.4 Å². The van der Waals surface area contributed by atoms with Crippen molar-refractivity contribution in [1.29, 1.82) is 0 Å². The van der Waals surface area contributed by atoms with Gasteiger partial charge in [-0.2, -0.15) is 10.0 Å². The smallest absolute Gasteiger partial charge is 0.439 e. The normalized spacial score (nSPS) is 10.7. The Labute approximate surface area is 118 Å². The predicted molar refractivity (Wildman–Crippen MR) is 70.8 cm³/mol. The van der Waals surface area contributed by atoms with E-state index in [2.05, 4.69) is 10.7 Å². The first-order valence-corrected chi connectivity index (χ1v) is 5.56. The number of nitrogen functional groups attached to an aromatic ring is 1. The van der Waals surface area contributed by atoms with Crippen LogP contribution in [0.4, 0.5) is 16.2 Å². The zero-order valence-electron chi connectivity index (χ0n) is 10.8. The number of benzene rings is 1. The minimum absolute atomic E-state index is 0. The Bertz CT molecular complexity index is 449. The molecule has 0 aliphatic rings. The van der Waals surface area contributed by atoms with Crippen LogP contribution >= 0.6 is 11.6 Å². The quantitative estimate of drug-likeness (QED) is 0.371. The summed E-state index contributed by atoms with van der Waals surface area (Å²) in [6.45, 7) is 1.86. The molecule has 0 aliphatic carbocycles. The van der Waals surface area contributed by atoms with Gasteiger partial charge in [-0.1, -0.05) is 11.6 Å². The molecule has 0 fully saturated rings. The Morgan fingerprint density at radius 3 is 2.44 bits per heavy atom. The summed E-state index contributed by atoms with van der Waals surface area (Å²) in [4.78, 5) is 11.9. The number of anilines is 2. The van der Waals surface area contributed by atoms with Crippen molar-refractivity contribution in [2.45, 2.75) is 6.92 Å². The lowest BCUT2D eigenvalue weighted by Crippen LogP contribution is -3.00. The first kappa shape index (κ1) is 17.0. The fourth-order valence-electron chi connectivity index (χ4n) is 1.20. The molecule has 0 radical (unpaired) electrons. The van der Waals surface area contributed by atoms with Gasteiger partial charge in [-0.3, -0.25) is 5.32 Å². The van der Waals surface area contributed by atoms with Crippen LogP contribution in [0, 0.1) is 6.92 Å². The van der Waals surface area contributed by atoms with Crippen LogP contribution < -0.4 is 28.9 Å². The molecule has 18 heavy (non-hydrogen) atoms. The van der Waals surface area contributed by atoms with Crippen LogP contribution in [0.25, 0.3) is 0 Å². The maximum absolute atomic E-state index is 11.9. The maximum Gasteiger partial charge on any atom is 0.439 e. The Kier molecular flexibility index (Phi) is 5.89. The van der Waals surface area contributed by atoms with Gasteiger partial charge in [-0.05, 0) is 24.6 Å². The van der Waals surface area contributed by atoms with Gasteiger partial charge in [-0.15, -0.1) is 0 Å². The topological polar surface area (TPSA) is 67.2 Å². The Balaban J connectivity index is 0.00000289. The molecule has 0 aromatic heterocycles.